The molecule has 2 rings (SSSR count). The number of para-hydroxylation sites is 1. The molecule has 0 saturated heterocycles. The molecule has 0 fully saturated rings. The van der Waals surface area contributed by atoms with Crippen LogP contribution in [0.4, 0.5) is 8.78 Å². The third-order valence-electron chi connectivity index (χ3n) is 2.67. The third kappa shape index (κ3) is 4.61. The highest BCUT2D eigenvalue weighted by Gasteiger charge is 2.08. The van der Waals surface area contributed by atoms with Gasteiger partial charge in [0.25, 0.3) is 0 Å². The lowest BCUT2D eigenvalue weighted by molar-refractivity contribution is -0.0504. The van der Waals surface area contributed by atoms with Gasteiger partial charge in [-0.15, -0.1) is 0 Å². The van der Waals surface area contributed by atoms with E-state index in [1.54, 1.807) is 29.5 Å². The van der Waals surface area contributed by atoms with Gasteiger partial charge in [-0.2, -0.15) is 20.1 Å². The van der Waals surface area contributed by atoms with Crippen LogP contribution in [0.2, 0.25) is 0 Å². The van der Waals surface area contributed by atoms with Crippen LogP contribution in [0.3, 0.4) is 0 Å². The Kier molecular flexibility index (Phi) is 5.30. The van der Waals surface area contributed by atoms with E-state index in [0.717, 1.165) is 18.5 Å². The van der Waals surface area contributed by atoms with Crippen molar-refractivity contribution in [3.63, 3.8) is 0 Å². The molecule has 0 unspecified atom stereocenters. The Bertz CT molecular complexity index is 488. The molecule has 19 heavy (non-hydrogen) atoms. The van der Waals surface area contributed by atoms with Gasteiger partial charge in [0.05, 0.1) is 0 Å². The van der Waals surface area contributed by atoms with Crippen molar-refractivity contribution in [1.29, 1.82) is 0 Å². The zero-order valence-corrected chi connectivity index (χ0v) is 11.1. The summed E-state index contributed by atoms with van der Waals surface area (Å²) in [6.07, 6.45) is 0.932. The molecule has 0 aliphatic rings. The summed E-state index contributed by atoms with van der Waals surface area (Å²) in [7, 11) is 0. The van der Waals surface area contributed by atoms with Crippen LogP contribution >= 0.6 is 11.3 Å². The number of nitrogens with one attached hydrogen (secondary N) is 1. The van der Waals surface area contributed by atoms with Crippen molar-refractivity contribution < 1.29 is 13.5 Å². The van der Waals surface area contributed by atoms with Gasteiger partial charge < -0.3 is 10.1 Å². The Balaban J connectivity index is 1.82. The lowest BCUT2D eigenvalue weighted by atomic mass is 10.2. The molecule has 1 N–H and O–H groups in total. The van der Waals surface area contributed by atoms with E-state index in [1.165, 1.54) is 5.56 Å². The Labute approximate surface area is 115 Å². The number of rotatable bonds is 7. The first kappa shape index (κ1) is 14.0. The fourth-order valence-corrected chi connectivity index (χ4v) is 2.45. The summed E-state index contributed by atoms with van der Waals surface area (Å²) in [6.45, 7) is -1.46. The van der Waals surface area contributed by atoms with Gasteiger partial charge in [0, 0.05) is 12.1 Å². The summed E-state index contributed by atoms with van der Waals surface area (Å²) < 4.78 is 28.9. The maximum absolute atomic E-state index is 12.2. The molecule has 2 nitrogen and oxygen atoms in total. The van der Waals surface area contributed by atoms with Crippen LogP contribution in [-0.4, -0.2) is 13.2 Å². The van der Waals surface area contributed by atoms with Crippen molar-refractivity contribution in [3.8, 4) is 5.75 Å². The number of benzene rings is 1. The summed E-state index contributed by atoms with van der Waals surface area (Å²) in [4.78, 5) is 0. The smallest absolute Gasteiger partial charge is 0.387 e. The largest absolute Gasteiger partial charge is 0.434 e. The molecule has 0 saturated carbocycles. The first-order valence-electron chi connectivity index (χ1n) is 6.00. The molecule has 0 aliphatic heterocycles. The highest BCUT2D eigenvalue weighted by molar-refractivity contribution is 7.07. The van der Waals surface area contributed by atoms with Crippen LogP contribution < -0.4 is 10.1 Å². The average Bonchev–Trinajstić information content (AvgIpc) is 2.89. The molecular formula is C14H15F2NOS. The summed E-state index contributed by atoms with van der Waals surface area (Å²) in [5.74, 6) is 0.237. The minimum atomic E-state index is -2.79. The standard InChI is InChI=1S/C14H15F2NOS/c15-14(16)18-13-4-2-1-3-12(13)9-17-7-5-11-6-8-19-10-11/h1-4,6,8,10,14,17H,5,7,9H2. The van der Waals surface area contributed by atoms with Crippen LogP contribution in [-0.2, 0) is 13.0 Å². The van der Waals surface area contributed by atoms with Gasteiger partial charge in [0.2, 0.25) is 0 Å². The number of alkyl halides is 2. The van der Waals surface area contributed by atoms with Gasteiger partial charge in [-0.1, -0.05) is 18.2 Å². The lowest BCUT2D eigenvalue weighted by Crippen LogP contribution is -2.17. The highest BCUT2D eigenvalue weighted by Crippen LogP contribution is 2.19. The van der Waals surface area contributed by atoms with E-state index in [0.29, 0.717) is 6.54 Å². The molecule has 5 heteroatoms. The van der Waals surface area contributed by atoms with E-state index in [4.69, 9.17) is 0 Å². The van der Waals surface area contributed by atoms with E-state index in [2.05, 4.69) is 21.5 Å². The Morgan fingerprint density at radius 2 is 2.05 bits per heavy atom. The summed E-state index contributed by atoms with van der Waals surface area (Å²) in [5.41, 5.74) is 2.03. The maximum Gasteiger partial charge on any atom is 0.387 e. The van der Waals surface area contributed by atoms with Crippen LogP contribution in [0.15, 0.2) is 41.1 Å². The van der Waals surface area contributed by atoms with Gasteiger partial charge in [-0.05, 0) is 41.4 Å². The van der Waals surface area contributed by atoms with E-state index in [9.17, 15) is 8.78 Å². The zero-order valence-electron chi connectivity index (χ0n) is 10.3. The molecule has 1 heterocycles. The van der Waals surface area contributed by atoms with E-state index in [-0.39, 0.29) is 5.75 Å². The van der Waals surface area contributed by atoms with Gasteiger partial charge in [-0.25, -0.2) is 0 Å². The minimum absolute atomic E-state index is 0.237. The van der Waals surface area contributed by atoms with Crippen molar-refractivity contribution in [2.45, 2.75) is 19.6 Å². The second kappa shape index (κ2) is 7.21. The van der Waals surface area contributed by atoms with Crippen LogP contribution in [0, 0.1) is 0 Å². The average molecular weight is 283 g/mol. The summed E-state index contributed by atoms with van der Waals surface area (Å²) in [6, 6.07) is 8.93. The summed E-state index contributed by atoms with van der Waals surface area (Å²) in [5, 5.41) is 7.38. The maximum atomic E-state index is 12.2. The first-order chi connectivity index (χ1) is 9.25. The van der Waals surface area contributed by atoms with E-state index < -0.39 is 6.61 Å². The van der Waals surface area contributed by atoms with Crippen LogP contribution in [0.25, 0.3) is 0 Å². The number of thiophene rings is 1. The van der Waals surface area contributed by atoms with Gasteiger partial charge >= 0.3 is 6.61 Å². The second-order valence-corrected chi connectivity index (χ2v) is 4.82. The molecule has 1 aromatic carbocycles. The zero-order chi connectivity index (χ0) is 13.5. The number of halogens is 2. The third-order valence-corrected chi connectivity index (χ3v) is 3.41. The van der Waals surface area contributed by atoms with Crippen LogP contribution in [0.1, 0.15) is 11.1 Å². The van der Waals surface area contributed by atoms with Gasteiger partial charge in [0.1, 0.15) is 5.75 Å². The highest BCUT2D eigenvalue weighted by atomic mass is 32.1. The topological polar surface area (TPSA) is 21.3 Å². The molecule has 2 aromatic rings. The normalized spacial score (nSPS) is 10.9. The van der Waals surface area contributed by atoms with Crippen molar-refractivity contribution >= 4 is 11.3 Å². The molecule has 0 radical (unpaired) electrons. The molecule has 0 atom stereocenters. The Morgan fingerprint density at radius 1 is 1.21 bits per heavy atom. The van der Waals surface area contributed by atoms with Gasteiger partial charge in [0.15, 0.2) is 0 Å². The molecule has 0 amide bonds. The van der Waals surface area contributed by atoms with Crippen molar-refractivity contribution in [3.05, 3.63) is 52.2 Å². The van der Waals surface area contributed by atoms with Crippen molar-refractivity contribution in [2.75, 3.05) is 6.54 Å². The molecule has 0 spiro atoms. The molecule has 0 aliphatic carbocycles. The van der Waals surface area contributed by atoms with Crippen molar-refractivity contribution in [2.24, 2.45) is 0 Å². The Hall–Kier alpha value is -1.46. The Morgan fingerprint density at radius 3 is 2.79 bits per heavy atom. The number of hydrogen-bond acceptors (Lipinski definition) is 3. The monoisotopic (exact) mass is 283 g/mol. The van der Waals surface area contributed by atoms with E-state index in [1.807, 2.05) is 11.4 Å². The number of ether oxygens (including phenoxy) is 1. The fourth-order valence-electron chi connectivity index (χ4n) is 1.75. The molecular weight excluding hydrogens is 268 g/mol. The SMILES string of the molecule is FC(F)Oc1ccccc1CNCCc1ccsc1. The second-order valence-electron chi connectivity index (χ2n) is 4.04. The van der Waals surface area contributed by atoms with Gasteiger partial charge in [-0.3, -0.25) is 0 Å². The molecule has 102 valence electrons. The quantitative estimate of drug-likeness (QED) is 0.783. The predicted molar refractivity (Wildman–Crippen MR) is 72.8 cm³/mol. The predicted octanol–water partition coefficient (Wildman–Crippen LogP) is 3.68. The van der Waals surface area contributed by atoms with Crippen LogP contribution in [0.5, 0.6) is 5.75 Å². The van der Waals surface area contributed by atoms with Crippen molar-refractivity contribution in [1.82, 2.24) is 5.32 Å². The van der Waals surface area contributed by atoms with E-state index >= 15 is 0 Å². The lowest BCUT2D eigenvalue weighted by Gasteiger charge is -2.11. The number of hydrogen-bond donors (Lipinski definition) is 1. The fraction of sp³-hybridized carbons (Fsp3) is 0.286. The first-order valence-corrected chi connectivity index (χ1v) is 6.94. The summed E-state index contributed by atoms with van der Waals surface area (Å²) >= 11 is 1.67. The molecule has 1 aromatic heterocycles. The molecule has 0 bridgehead atoms. The minimum Gasteiger partial charge on any atom is -0.434 e.